The van der Waals surface area contributed by atoms with Crippen molar-refractivity contribution in [1.82, 2.24) is 10.6 Å². The Bertz CT molecular complexity index is 582. The number of hydrogen-bond donors (Lipinski definition) is 2. The molecule has 0 spiro atoms. The highest BCUT2D eigenvalue weighted by molar-refractivity contribution is 5.84. The largest absolute Gasteiger partial charge is 0.466 e. The molecule has 0 aromatic carbocycles. The predicted octanol–water partition coefficient (Wildman–Crippen LogP) is 0.449. The summed E-state index contributed by atoms with van der Waals surface area (Å²) in [6.07, 6.45) is 7.92. The average Bonchev–Trinajstić information content (AvgIpc) is 2.84. The molecule has 2 amide bonds. The third-order valence-electron chi connectivity index (χ3n) is 4.28. The van der Waals surface area contributed by atoms with E-state index in [2.05, 4.69) is 16.6 Å². The molecule has 11 nitrogen and oxygen atoms in total. The maximum absolute atomic E-state index is 11.7. The van der Waals surface area contributed by atoms with E-state index in [0.717, 1.165) is 19.3 Å². The molecule has 0 saturated carbocycles. The van der Waals surface area contributed by atoms with Gasteiger partial charge in [-0.3, -0.25) is 14.4 Å². The van der Waals surface area contributed by atoms with Crippen LogP contribution in [0.4, 0.5) is 0 Å². The van der Waals surface area contributed by atoms with Crippen LogP contribution in [-0.2, 0) is 42.8 Å². The molecule has 0 heterocycles. The van der Waals surface area contributed by atoms with Crippen molar-refractivity contribution in [3.63, 3.8) is 0 Å². The molecule has 0 radical (unpaired) electrons. The number of hydrogen-bond acceptors (Lipinski definition) is 9. The molecule has 2 N–H and O–H groups in total. The van der Waals surface area contributed by atoms with E-state index in [1.54, 1.807) is 6.92 Å². The minimum absolute atomic E-state index is 0.0741. The maximum Gasteiger partial charge on any atom is 0.305 e. The molecular formula is C24H42N2O9. The number of carbonyl (C=O) groups excluding carboxylic acids is 3. The molecule has 0 fully saturated rings. The van der Waals surface area contributed by atoms with Crippen molar-refractivity contribution >= 4 is 17.8 Å². The molecule has 0 rings (SSSR count). The zero-order chi connectivity index (χ0) is 25.8. The van der Waals surface area contributed by atoms with E-state index >= 15 is 0 Å². The zero-order valence-corrected chi connectivity index (χ0v) is 21.0. The predicted molar refractivity (Wildman–Crippen MR) is 129 cm³/mol. The topological polar surface area (TPSA) is 131 Å². The summed E-state index contributed by atoms with van der Waals surface area (Å²) in [5.74, 6) is 1.68. The van der Waals surface area contributed by atoms with E-state index in [-0.39, 0.29) is 44.0 Å². The number of esters is 1. The van der Waals surface area contributed by atoms with Crippen molar-refractivity contribution in [3.05, 3.63) is 0 Å². The van der Waals surface area contributed by atoms with Gasteiger partial charge in [0.2, 0.25) is 11.8 Å². The molecular weight excluding hydrogens is 460 g/mol. The fourth-order valence-electron chi connectivity index (χ4n) is 2.54. The number of amides is 2. The number of terminal acetylenes is 1. The van der Waals surface area contributed by atoms with Gasteiger partial charge in [0.1, 0.15) is 6.61 Å². The van der Waals surface area contributed by atoms with Gasteiger partial charge in [0.05, 0.1) is 72.6 Å². The van der Waals surface area contributed by atoms with Crippen LogP contribution in [0.5, 0.6) is 0 Å². The van der Waals surface area contributed by atoms with Crippen LogP contribution in [0.2, 0.25) is 0 Å². The van der Waals surface area contributed by atoms with Crippen molar-refractivity contribution in [2.24, 2.45) is 0 Å². The lowest BCUT2D eigenvalue weighted by Gasteiger charge is -2.08. The summed E-state index contributed by atoms with van der Waals surface area (Å²) >= 11 is 0. The second-order valence-corrected chi connectivity index (χ2v) is 7.20. The quantitative estimate of drug-likeness (QED) is 0.104. The van der Waals surface area contributed by atoms with Gasteiger partial charge in [0, 0.05) is 19.4 Å². The molecule has 0 atom stereocenters. The van der Waals surface area contributed by atoms with Crippen molar-refractivity contribution in [3.8, 4) is 12.3 Å². The van der Waals surface area contributed by atoms with Crippen molar-refractivity contribution in [2.45, 2.75) is 39.0 Å². The first kappa shape index (κ1) is 32.8. The zero-order valence-electron chi connectivity index (χ0n) is 21.0. The van der Waals surface area contributed by atoms with Crippen LogP contribution in [0.3, 0.4) is 0 Å². The van der Waals surface area contributed by atoms with Crippen LogP contribution >= 0.6 is 0 Å². The van der Waals surface area contributed by atoms with Crippen LogP contribution in [0.15, 0.2) is 0 Å². The molecule has 0 aliphatic carbocycles. The van der Waals surface area contributed by atoms with Gasteiger partial charge in [-0.1, -0.05) is 12.3 Å². The van der Waals surface area contributed by atoms with Crippen molar-refractivity contribution in [2.75, 3.05) is 85.8 Å². The van der Waals surface area contributed by atoms with Gasteiger partial charge in [-0.05, 0) is 19.8 Å². The van der Waals surface area contributed by atoms with E-state index < -0.39 is 0 Å². The fourth-order valence-corrected chi connectivity index (χ4v) is 2.54. The lowest BCUT2D eigenvalue weighted by Crippen LogP contribution is -2.37. The van der Waals surface area contributed by atoms with E-state index in [4.69, 9.17) is 34.8 Å². The van der Waals surface area contributed by atoms with E-state index in [9.17, 15) is 14.4 Å². The molecule has 0 aromatic heterocycles. The fraction of sp³-hybridized carbons (Fsp3) is 0.792. The lowest BCUT2D eigenvalue weighted by molar-refractivity contribution is -0.143. The molecule has 35 heavy (non-hydrogen) atoms. The highest BCUT2D eigenvalue weighted by Crippen LogP contribution is 2.00. The minimum atomic E-state index is -0.256. The minimum Gasteiger partial charge on any atom is -0.466 e. The van der Waals surface area contributed by atoms with Crippen LogP contribution in [-0.4, -0.2) is 104 Å². The summed E-state index contributed by atoms with van der Waals surface area (Å²) in [6.45, 7) is 6.68. The van der Waals surface area contributed by atoms with Crippen LogP contribution < -0.4 is 10.6 Å². The third kappa shape index (κ3) is 26.2. The number of unbranched alkanes of at least 4 members (excludes halogenated alkanes) is 2. The van der Waals surface area contributed by atoms with E-state index in [1.165, 1.54) is 0 Å². The molecule has 202 valence electrons. The summed E-state index contributed by atoms with van der Waals surface area (Å²) in [5, 5.41) is 5.28. The van der Waals surface area contributed by atoms with Crippen LogP contribution in [0, 0.1) is 12.3 Å². The van der Waals surface area contributed by atoms with E-state index in [0.29, 0.717) is 72.4 Å². The lowest BCUT2D eigenvalue weighted by atomic mass is 10.2. The van der Waals surface area contributed by atoms with E-state index in [1.807, 2.05) is 0 Å². The molecule has 0 bridgehead atoms. The van der Waals surface area contributed by atoms with Gasteiger partial charge < -0.3 is 39.1 Å². The maximum atomic E-state index is 11.7. The van der Waals surface area contributed by atoms with Gasteiger partial charge in [0.15, 0.2) is 0 Å². The Morgan fingerprint density at radius 3 is 1.83 bits per heavy atom. The van der Waals surface area contributed by atoms with Crippen molar-refractivity contribution < 1.29 is 42.8 Å². The van der Waals surface area contributed by atoms with Gasteiger partial charge in [-0.25, -0.2) is 0 Å². The monoisotopic (exact) mass is 502 g/mol. The number of rotatable bonds is 25. The molecule has 0 aliphatic rings. The Kier molecular flexibility index (Phi) is 24.7. The smallest absolute Gasteiger partial charge is 0.305 e. The number of ether oxygens (including phenoxy) is 6. The first-order chi connectivity index (χ1) is 17.1. The summed E-state index contributed by atoms with van der Waals surface area (Å²) in [5.41, 5.74) is 0. The second-order valence-electron chi connectivity index (χ2n) is 7.20. The van der Waals surface area contributed by atoms with Crippen molar-refractivity contribution in [1.29, 1.82) is 0 Å². The second kappa shape index (κ2) is 26.4. The first-order valence-electron chi connectivity index (χ1n) is 12.1. The Balaban J connectivity index is 3.32. The molecule has 0 unspecified atom stereocenters. The summed E-state index contributed by atoms with van der Waals surface area (Å²) < 4.78 is 31.3. The molecule has 11 heteroatoms. The molecule has 0 saturated heterocycles. The van der Waals surface area contributed by atoms with Gasteiger partial charge in [-0.15, -0.1) is 6.42 Å². The first-order valence-corrected chi connectivity index (χ1v) is 12.1. The highest BCUT2D eigenvalue weighted by atomic mass is 16.6. The van der Waals surface area contributed by atoms with Gasteiger partial charge in [-0.2, -0.15) is 0 Å². The standard InChI is InChI=1S/C24H42N2O9/c1-3-11-30-13-15-32-17-19-34-20-18-33-16-14-31-12-9-22(27)26-21-23(28)25-10-7-5-6-8-24(29)35-4-2/h1H,4-21H2,2H3,(H,25,28)(H,26,27). The SMILES string of the molecule is C#CCOCCOCCOCCOCCOCCC(=O)NCC(=O)NCCCCCC(=O)OCC. The molecule has 0 aliphatic heterocycles. The summed E-state index contributed by atoms with van der Waals surface area (Å²) in [7, 11) is 0. The summed E-state index contributed by atoms with van der Waals surface area (Å²) in [6, 6.07) is 0. The van der Waals surface area contributed by atoms with Crippen LogP contribution in [0.25, 0.3) is 0 Å². The van der Waals surface area contributed by atoms with Gasteiger partial charge in [0.25, 0.3) is 0 Å². The average molecular weight is 503 g/mol. The normalized spacial score (nSPS) is 10.5. The molecule has 0 aromatic rings. The Labute approximate surface area is 208 Å². The highest BCUT2D eigenvalue weighted by Gasteiger charge is 2.06. The summed E-state index contributed by atoms with van der Waals surface area (Å²) in [4.78, 5) is 34.7. The Morgan fingerprint density at radius 1 is 0.686 bits per heavy atom. The Hall–Kier alpha value is -2.23. The van der Waals surface area contributed by atoms with Crippen LogP contribution in [0.1, 0.15) is 39.0 Å². The third-order valence-corrected chi connectivity index (χ3v) is 4.28. The number of nitrogens with one attached hydrogen (secondary N) is 2. The Morgan fingerprint density at radius 2 is 1.26 bits per heavy atom. The number of carbonyl (C=O) groups is 3. The van der Waals surface area contributed by atoms with Gasteiger partial charge >= 0.3 is 5.97 Å².